The molecule has 0 atom stereocenters. The summed E-state index contributed by atoms with van der Waals surface area (Å²) >= 11 is 0. The minimum atomic E-state index is 0.512. The van der Waals surface area contributed by atoms with Gasteiger partial charge >= 0.3 is 0 Å². The van der Waals surface area contributed by atoms with Crippen LogP contribution >= 0.6 is 0 Å². The molecule has 7 nitrogen and oxygen atoms in total. The second-order valence-electron chi connectivity index (χ2n) is 6.88. The zero-order valence-corrected chi connectivity index (χ0v) is 16.7. The van der Waals surface area contributed by atoms with Crippen molar-refractivity contribution >= 4 is 0 Å². The molecule has 0 bridgehead atoms. The monoisotopic (exact) mass is 403 g/mol. The van der Waals surface area contributed by atoms with E-state index < -0.39 is 0 Å². The number of hydrogen-bond acceptors (Lipinski definition) is 7. The molecule has 7 heteroatoms. The highest BCUT2D eigenvalue weighted by Crippen LogP contribution is 2.23. The number of pyridine rings is 4. The fourth-order valence-electron chi connectivity index (χ4n) is 3.17. The van der Waals surface area contributed by atoms with Crippen LogP contribution in [0.3, 0.4) is 0 Å². The molecule has 5 heterocycles. The molecule has 0 aliphatic rings. The first kappa shape index (κ1) is 18.6. The van der Waals surface area contributed by atoms with E-state index in [4.69, 9.17) is 0 Å². The van der Waals surface area contributed by atoms with Crippen LogP contribution in [-0.2, 0) is 0 Å². The lowest BCUT2D eigenvalue weighted by Gasteiger charge is -2.07. The van der Waals surface area contributed by atoms with Crippen LogP contribution in [0, 0.1) is 6.92 Å². The molecule has 0 saturated heterocycles. The van der Waals surface area contributed by atoms with Gasteiger partial charge < -0.3 is 0 Å². The largest absolute Gasteiger partial charge is 0.264 e. The fraction of sp³-hybridized carbons (Fsp3) is 0.0417. The van der Waals surface area contributed by atoms with Gasteiger partial charge in [0.2, 0.25) is 0 Å². The summed E-state index contributed by atoms with van der Waals surface area (Å²) in [6.45, 7) is 1.84. The molecule has 5 rings (SSSR count). The molecule has 0 aromatic carbocycles. The molecular formula is C24H17N7. The van der Waals surface area contributed by atoms with Gasteiger partial charge in [0.15, 0.2) is 11.6 Å². The lowest BCUT2D eigenvalue weighted by molar-refractivity contribution is 0.975. The van der Waals surface area contributed by atoms with E-state index in [2.05, 4.69) is 34.9 Å². The van der Waals surface area contributed by atoms with E-state index in [1.807, 2.05) is 67.8 Å². The summed E-state index contributed by atoms with van der Waals surface area (Å²) in [5, 5.41) is 0. The molecule has 0 aliphatic heterocycles. The summed E-state index contributed by atoms with van der Waals surface area (Å²) in [5.74, 6) is 1.63. The van der Waals surface area contributed by atoms with Gasteiger partial charge in [0, 0.05) is 59.4 Å². The van der Waals surface area contributed by atoms with Gasteiger partial charge in [-0.15, -0.1) is 0 Å². The highest BCUT2D eigenvalue weighted by atomic mass is 15.1. The van der Waals surface area contributed by atoms with Crippen LogP contribution in [0.1, 0.15) is 5.82 Å². The maximum Gasteiger partial charge on any atom is 0.182 e. The molecule has 5 aromatic rings. The second-order valence-corrected chi connectivity index (χ2v) is 6.88. The van der Waals surface area contributed by atoms with E-state index in [1.54, 1.807) is 24.8 Å². The summed E-state index contributed by atoms with van der Waals surface area (Å²) in [7, 11) is 0. The molecule has 0 radical (unpaired) electrons. The van der Waals surface area contributed by atoms with E-state index in [0.29, 0.717) is 28.9 Å². The van der Waals surface area contributed by atoms with Gasteiger partial charge in [-0.05, 0) is 31.2 Å². The van der Waals surface area contributed by atoms with Gasteiger partial charge in [-0.1, -0.05) is 24.3 Å². The van der Waals surface area contributed by atoms with Gasteiger partial charge in [-0.2, -0.15) is 0 Å². The zero-order valence-electron chi connectivity index (χ0n) is 16.7. The van der Waals surface area contributed by atoms with E-state index in [9.17, 15) is 0 Å². The first-order chi connectivity index (χ1) is 15.3. The molecular weight excluding hydrogens is 386 g/mol. The Morgan fingerprint density at radius 3 is 1.39 bits per heavy atom. The Morgan fingerprint density at radius 2 is 1.00 bits per heavy atom. The molecule has 0 unspecified atom stereocenters. The lowest BCUT2D eigenvalue weighted by Crippen LogP contribution is -2.01. The quantitative estimate of drug-likeness (QED) is 0.438. The van der Waals surface area contributed by atoms with Gasteiger partial charge in [0.25, 0.3) is 0 Å². The normalized spacial score (nSPS) is 10.7. The molecule has 0 N–H and O–H groups in total. The first-order valence-corrected chi connectivity index (χ1v) is 9.72. The van der Waals surface area contributed by atoms with Crippen molar-refractivity contribution in [3.8, 4) is 45.3 Å². The Morgan fingerprint density at radius 1 is 0.516 bits per heavy atom. The summed E-state index contributed by atoms with van der Waals surface area (Å²) < 4.78 is 0. The number of nitrogens with zero attached hydrogens (tertiary/aromatic N) is 7. The predicted molar refractivity (Wildman–Crippen MR) is 117 cm³/mol. The summed E-state index contributed by atoms with van der Waals surface area (Å²) in [5.41, 5.74) is 5.32. The maximum absolute atomic E-state index is 4.61. The minimum Gasteiger partial charge on any atom is -0.264 e. The van der Waals surface area contributed by atoms with Crippen LogP contribution in [0.25, 0.3) is 45.3 Å². The highest BCUT2D eigenvalue weighted by Gasteiger charge is 2.11. The zero-order chi connectivity index (χ0) is 21.0. The van der Waals surface area contributed by atoms with E-state index in [1.165, 1.54) is 0 Å². The number of aromatic nitrogens is 7. The number of rotatable bonds is 4. The van der Waals surface area contributed by atoms with Crippen molar-refractivity contribution in [2.45, 2.75) is 6.92 Å². The number of aryl methyl sites for hydroxylation is 1. The third-order valence-electron chi connectivity index (χ3n) is 4.72. The van der Waals surface area contributed by atoms with Crippen molar-refractivity contribution in [3.05, 3.63) is 91.5 Å². The predicted octanol–water partition coefficient (Wildman–Crippen LogP) is 4.43. The molecule has 0 spiro atoms. The molecule has 0 saturated carbocycles. The van der Waals surface area contributed by atoms with E-state index in [0.717, 1.165) is 22.3 Å². The van der Waals surface area contributed by atoms with Crippen molar-refractivity contribution in [3.63, 3.8) is 0 Å². The van der Waals surface area contributed by atoms with Crippen molar-refractivity contribution in [2.75, 3.05) is 0 Å². The van der Waals surface area contributed by atoms with Gasteiger partial charge in [-0.3, -0.25) is 19.9 Å². The van der Waals surface area contributed by atoms with Gasteiger partial charge in [0.05, 0.1) is 0 Å². The number of hydrogen-bond donors (Lipinski definition) is 0. The van der Waals surface area contributed by atoms with Crippen LogP contribution < -0.4 is 0 Å². The molecule has 0 aliphatic carbocycles. The average molecular weight is 403 g/mol. The van der Waals surface area contributed by atoms with Crippen molar-refractivity contribution in [1.29, 1.82) is 0 Å². The lowest BCUT2D eigenvalue weighted by atomic mass is 10.1. The van der Waals surface area contributed by atoms with Crippen LogP contribution in [0.5, 0.6) is 0 Å². The highest BCUT2D eigenvalue weighted by molar-refractivity contribution is 5.66. The second kappa shape index (κ2) is 8.16. The van der Waals surface area contributed by atoms with Crippen molar-refractivity contribution in [1.82, 2.24) is 34.9 Å². The Balaban J connectivity index is 1.45. The average Bonchev–Trinajstić information content (AvgIpc) is 2.85. The smallest absolute Gasteiger partial charge is 0.182 e. The van der Waals surface area contributed by atoms with Crippen LogP contribution in [0.4, 0.5) is 0 Å². The van der Waals surface area contributed by atoms with Crippen molar-refractivity contribution in [2.24, 2.45) is 0 Å². The van der Waals surface area contributed by atoms with E-state index >= 15 is 0 Å². The Bertz CT molecular complexity index is 1200. The minimum absolute atomic E-state index is 0.512. The van der Waals surface area contributed by atoms with Gasteiger partial charge in [0.1, 0.15) is 17.2 Å². The topological polar surface area (TPSA) is 90.2 Å². The van der Waals surface area contributed by atoms with Crippen LogP contribution in [-0.4, -0.2) is 34.9 Å². The van der Waals surface area contributed by atoms with Gasteiger partial charge in [-0.25, -0.2) is 15.0 Å². The Kier molecular flexibility index (Phi) is 4.90. The molecule has 0 amide bonds. The Labute approximate surface area is 179 Å². The van der Waals surface area contributed by atoms with Crippen molar-refractivity contribution < 1.29 is 0 Å². The third kappa shape index (κ3) is 4.02. The first-order valence-electron chi connectivity index (χ1n) is 9.72. The summed E-state index contributed by atoms with van der Waals surface area (Å²) in [4.78, 5) is 30.9. The fourth-order valence-corrected chi connectivity index (χ4v) is 3.17. The summed E-state index contributed by atoms with van der Waals surface area (Å²) in [6, 6.07) is 15.6. The SMILES string of the molecule is Cc1nc(-c2ccc(-c3cccnc3)cn2)nc(-c2ccc(-c3cccnc3)cn2)n1. The third-order valence-corrected chi connectivity index (χ3v) is 4.72. The maximum atomic E-state index is 4.61. The molecule has 5 aromatic heterocycles. The van der Waals surface area contributed by atoms with Crippen LogP contribution in [0.2, 0.25) is 0 Å². The standard InChI is InChI=1S/C24H17N7/c1-16-29-23(21-8-6-19(14-27-21)17-4-2-10-25-12-17)31-24(30-16)22-9-7-20(15-28-22)18-5-3-11-26-13-18/h2-15H,1H3. The molecule has 148 valence electrons. The summed E-state index contributed by atoms with van der Waals surface area (Å²) in [6.07, 6.45) is 10.7. The van der Waals surface area contributed by atoms with Crippen LogP contribution in [0.15, 0.2) is 85.7 Å². The van der Waals surface area contributed by atoms with E-state index in [-0.39, 0.29) is 0 Å². The molecule has 0 fully saturated rings. The molecule has 31 heavy (non-hydrogen) atoms. The Hall–Kier alpha value is -4.39.